The Morgan fingerprint density at radius 1 is 1.24 bits per heavy atom. The molecule has 3 aromatic rings. The third kappa shape index (κ3) is 2.67. The van der Waals surface area contributed by atoms with E-state index in [2.05, 4.69) is 31.3 Å². The van der Waals surface area contributed by atoms with Crippen molar-refractivity contribution in [3.8, 4) is 0 Å². The number of halogens is 1. The molecule has 21 heavy (non-hydrogen) atoms. The molecule has 0 aliphatic rings. The molecule has 0 saturated carbocycles. The van der Waals surface area contributed by atoms with Crippen LogP contribution in [0.25, 0.3) is 5.65 Å². The number of amides is 1. The summed E-state index contributed by atoms with van der Waals surface area (Å²) in [5.41, 5.74) is 3.66. The smallest absolute Gasteiger partial charge is 0.274 e. The van der Waals surface area contributed by atoms with Gasteiger partial charge in [0, 0.05) is 21.9 Å². The zero-order chi connectivity index (χ0) is 15.0. The molecule has 0 spiro atoms. The molecule has 1 amide bonds. The highest BCUT2D eigenvalue weighted by atomic mass is 79.9. The number of rotatable bonds is 2. The zero-order valence-electron chi connectivity index (χ0n) is 11.6. The van der Waals surface area contributed by atoms with Gasteiger partial charge in [0.15, 0.2) is 5.65 Å². The van der Waals surface area contributed by atoms with Crippen LogP contribution in [-0.4, -0.2) is 20.5 Å². The Balaban J connectivity index is 1.93. The number of anilines is 1. The van der Waals surface area contributed by atoms with E-state index in [1.54, 1.807) is 22.8 Å². The lowest BCUT2D eigenvalue weighted by Gasteiger charge is -2.09. The maximum Gasteiger partial charge on any atom is 0.274 e. The van der Waals surface area contributed by atoms with Gasteiger partial charge < -0.3 is 5.32 Å². The Hall–Kier alpha value is -2.21. The molecule has 0 unspecified atom stereocenters. The van der Waals surface area contributed by atoms with Gasteiger partial charge in [-0.25, -0.2) is 9.50 Å². The van der Waals surface area contributed by atoms with Crippen molar-refractivity contribution in [1.29, 1.82) is 0 Å². The summed E-state index contributed by atoms with van der Waals surface area (Å²) >= 11 is 3.40. The number of carbonyl (C=O) groups excluding carboxylic acids is 1. The SMILES string of the molecule is Cc1cc(Br)ccc1NC(=O)c1cc(C)n2nccc2n1. The molecule has 0 fully saturated rings. The van der Waals surface area contributed by atoms with Gasteiger partial charge in [-0.1, -0.05) is 15.9 Å². The van der Waals surface area contributed by atoms with Crippen LogP contribution in [0.15, 0.2) is 41.0 Å². The Kier molecular flexibility index (Phi) is 3.47. The van der Waals surface area contributed by atoms with Gasteiger partial charge in [0.05, 0.1) is 6.20 Å². The molecule has 0 saturated heterocycles. The third-order valence-corrected chi connectivity index (χ3v) is 3.70. The summed E-state index contributed by atoms with van der Waals surface area (Å²) < 4.78 is 2.68. The van der Waals surface area contributed by atoms with E-state index in [0.717, 1.165) is 21.4 Å². The first kappa shape index (κ1) is 13.8. The van der Waals surface area contributed by atoms with E-state index in [9.17, 15) is 4.79 Å². The van der Waals surface area contributed by atoms with Crippen LogP contribution in [0.5, 0.6) is 0 Å². The van der Waals surface area contributed by atoms with Crippen LogP contribution in [0.3, 0.4) is 0 Å². The highest BCUT2D eigenvalue weighted by Gasteiger charge is 2.12. The first-order valence-electron chi connectivity index (χ1n) is 6.43. The average Bonchev–Trinajstić information content (AvgIpc) is 2.90. The molecule has 6 heteroatoms. The van der Waals surface area contributed by atoms with Crippen LogP contribution >= 0.6 is 15.9 Å². The van der Waals surface area contributed by atoms with Crippen molar-refractivity contribution in [1.82, 2.24) is 14.6 Å². The molecule has 0 atom stereocenters. The van der Waals surface area contributed by atoms with Crippen molar-refractivity contribution in [2.75, 3.05) is 5.32 Å². The molecule has 0 aliphatic carbocycles. The summed E-state index contributed by atoms with van der Waals surface area (Å²) in [6.07, 6.45) is 1.66. The monoisotopic (exact) mass is 344 g/mol. The normalized spacial score (nSPS) is 10.8. The Labute approximate surface area is 130 Å². The van der Waals surface area contributed by atoms with Crippen LogP contribution in [0.4, 0.5) is 5.69 Å². The Morgan fingerprint density at radius 3 is 2.81 bits per heavy atom. The van der Waals surface area contributed by atoms with Gasteiger partial charge in [0.25, 0.3) is 5.91 Å². The largest absolute Gasteiger partial charge is 0.320 e. The second kappa shape index (κ2) is 5.29. The molecular formula is C15H13BrN4O. The van der Waals surface area contributed by atoms with Gasteiger partial charge >= 0.3 is 0 Å². The second-order valence-electron chi connectivity index (χ2n) is 4.80. The fourth-order valence-electron chi connectivity index (χ4n) is 2.14. The minimum absolute atomic E-state index is 0.229. The second-order valence-corrected chi connectivity index (χ2v) is 5.71. The quantitative estimate of drug-likeness (QED) is 0.775. The third-order valence-electron chi connectivity index (χ3n) is 3.21. The number of nitrogens with zero attached hydrogens (tertiary/aromatic N) is 3. The standard InChI is InChI=1S/C15H13BrN4O/c1-9-7-11(16)3-4-12(9)19-15(21)13-8-10(2)20-14(18-13)5-6-17-20/h3-8H,1-2H3,(H,19,21). The first-order chi connectivity index (χ1) is 10.0. The Bertz CT molecular complexity index is 841. The number of benzene rings is 1. The molecule has 2 aromatic heterocycles. The predicted molar refractivity (Wildman–Crippen MR) is 84.6 cm³/mol. The van der Waals surface area contributed by atoms with E-state index in [-0.39, 0.29) is 5.91 Å². The van der Waals surface area contributed by atoms with Crippen molar-refractivity contribution >= 4 is 33.2 Å². The lowest BCUT2D eigenvalue weighted by atomic mass is 10.2. The molecule has 1 N–H and O–H groups in total. The summed E-state index contributed by atoms with van der Waals surface area (Å²) in [5, 5.41) is 7.03. The molecule has 0 aliphatic heterocycles. The predicted octanol–water partition coefficient (Wildman–Crippen LogP) is 3.36. The zero-order valence-corrected chi connectivity index (χ0v) is 13.2. The average molecular weight is 345 g/mol. The van der Waals surface area contributed by atoms with E-state index in [1.165, 1.54) is 0 Å². The maximum atomic E-state index is 12.4. The summed E-state index contributed by atoms with van der Waals surface area (Å²) in [5.74, 6) is -0.229. The van der Waals surface area contributed by atoms with Gasteiger partial charge in [-0.2, -0.15) is 5.10 Å². The lowest BCUT2D eigenvalue weighted by Crippen LogP contribution is -2.15. The lowest BCUT2D eigenvalue weighted by molar-refractivity contribution is 0.102. The van der Waals surface area contributed by atoms with Crippen LogP contribution in [0.1, 0.15) is 21.7 Å². The van der Waals surface area contributed by atoms with E-state index in [0.29, 0.717) is 11.3 Å². The van der Waals surface area contributed by atoms with E-state index < -0.39 is 0 Å². The number of nitrogens with one attached hydrogen (secondary N) is 1. The van der Waals surface area contributed by atoms with Gasteiger partial charge in [-0.05, 0) is 43.7 Å². The fraction of sp³-hybridized carbons (Fsp3) is 0.133. The van der Waals surface area contributed by atoms with Gasteiger partial charge in [0.2, 0.25) is 0 Å². The molecule has 0 radical (unpaired) electrons. The molecule has 3 rings (SSSR count). The summed E-state index contributed by atoms with van der Waals surface area (Å²) in [7, 11) is 0. The van der Waals surface area contributed by atoms with Gasteiger partial charge in [-0.3, -0.25) is 4.79 Å². The fourth-order valence-corrected chi connectivity index (χ4v) is 2.61. The van der Waals surface area contributed by atoms with Gasteiger partial charge in [-0.15, -0.1) is 0 Å². The number of carbonyl (C=O) groups is 1. The van der Waals surface area contributed by atoms with E-state index >= 15 is 0 Å². The Morgan fingerprint density at radius 2 is 2.05 bits per heavy atom. The van der Waals surface area contributed by atoms with Crippen LogP contribution in [0, 0.1) is 13.8 Å². The highest BCUT2D eigenvalue weighted by molar-refractivity contribution is 9.10. The summed E-state index contributed by atoms with van der Waals surface area (Å²) in [4.78, 5) is 16.7. The molecule has 106 valence electrons. The molecule has 2 heterocycles. The summed E-state index contributed by atoms with van der Waals surface area (Å²) in [6.45, 7) is 3.84. The van der Waals surface area contributed by atoms with Gasteiger partial charge in [0.1, 0.15) is 5.69 Å². The van der Waals surface area contributed by atoms with Crippen LogP contribution in [-0.2, 0) is 0 Å². The molecular weight excluding hydrogens is 332 g/mol. The van der Waals surface area contributed by atoms with Crippen molar-refractivity contribution in [3.05, 3.63) is 58.0 Å². The molecule has 5 nitrogen and oxygen atoms in total. The highest BCUT2D eigenvalue weighted by Crippen LogP contribution is 2.20. The van der Waals surface area contributed by atoms with E-state index in [1.807, 2.05) is 32.0 Å². The first-order valence-corrected chi connectivity index (χ1v) is 7.23. The van der Waals surface area contributed by atoms with Crippen molar-refractivity contribution in [2.45, 2.75) is 13.8 Å². The summed E-state index contributed by atoms with van der Waals surface area (Å²) in [6, 6.07) is 9.20. The van der Waals surface area contributed by atoms with Crippen molar-refractivity contribution in [2.24, 2.45) is 0 Å². The number of hydrogen-bond donors (Lipinski definition) is 1. The number of aryl methyl sites for hydroxylation is 2. The minimum atomic E-state index is -0.229. The maximum absolute atomic E-state index is 12.4. The van der Waals surface area contributed by atoms with Crippen LogP contribution in [0.2, 0.25) is 0 Å². The number of hydrogen-bond acceptors (Lipinski definition) is 3. The minimum Gasteiger partial charge on any atom is -0.320 e. The number of fused-ring (bicyclic) bond motifs is 1. The van der Waals surface area contributed by atoms with Crippen LogP contribution < -0.4 is 5.32 Å². The molecule has 1 aromatic carbocycles. The molecule has 0 bridgehead atoms. The van der Waals surface area contributed by atoms with Crippen molar-refractivity contribution in [3.63, 3.8) is 0 Å². The van der Waals surface area contributed by atoms with E-state index in [4.69, 9.17) is 0 Å². The number of aromatic nitrogens is 3. The van der Waals surface area contributed by atoms with Crippen molar-refractivity contribution < 1.29 is 4.79 Å². The topological polar surface area (TPSA) is 59.3 Å².